The second-order valence-corrected chi connectivity index (χ2v) is 5.31. The molecular weight excluding hydrogens is 250 g/mol. The smallest absolute Gasteiger partial charge is 0.122 e. The number of hydrogen-bond acceptors (Lipinski definition) is 3. The molecule has 3 atom stereocenters. The summed E-state index contributed by atoms with van der Waals surface area (Å²) < 4.78 is 5.37. The summed E-state index contributed by atoms with van der Waals surface area (Å²) in [5.74, 6) is 0.945. The number of halogens is 1. The molecule has 0 aliphatic heterocycles. The van der Waals surface area contributed by atoms with Crippen LogP contribution in [0.25, 0.3) is 0 Å². The SMILES string of the molecule is COc1cc(C)c(Cl)cc1C(C)CC(O)C(C)N. The lowest BCUT2D eigenvalue weighted by Gasteiger charge is -2.21. The fourth-order valence-corrected chi connectivity index (χ4v) is 2.11. The first-order valence-electron chi connectivity index (χ1n) is 6.14. The predicted molar refractivity (Wildman–Crippen MR) is 75.4 cm³/mol. The molecule has 4 heteroatoms. The molecule has 0 radical (unpaired) electrons. The molecule has 3 nitrogen and oxygen atoms in total. The molecule has 1 rings (SSSR count). The molecule has 0 bridgehead atoms. The Morgan fingerprint density at radius 2 is 2.00 bits per heavy atom. The van der Waals surface area contributed by atoms with E-state index in [2.05, 4.69) is 0 Å². The molecule has 0 fully saturated rings. The number of methoxy groups -OCH3 is 1. The van der Waals surface area contributed by atoms with Gasteiger partial charge in [-0.15, -0.1) is 0 Å². The number of nitrogens with two attached hydrogens (primary N) is 1. The summed E-state index contributed by atoms with van der Waals surface area (Å²) in [4.78, 5) is 0. The van der Waals surface area contributed by atoms with E-state index in [1.807, 2.05) is 26.0 Å². The summed E-state index contributed by atoms with van der Waals surface area (Å²) in [5.41, 5.74) is 7.67. The summed E-state index contributed by atoms with van der Waals surface area (Å²) in [7, 11) is 1.64. The van der Waals surface area contributed by atoms with Crippen molar-refractivity contribution in [3.8, 4) is 5.75 Å². The molecule has 0 spiro atoms. The highest BCUT2D eigenvalue weighted by atomic mass is 35.5. The largest absolute Gasteiger partial charge is 0.496 e. The molecule has 0 saturated heterocycles. The fourth-order valence-electron chi connectivity index (χ4n) is 1.94. The van der Waals surface area contributed by atoms with Crippen molar-refractivity contribution in [3.63, 3.8) is 0 Å². The number of rotatable bonds is 5. The van der Waals surface area contributed by atoms with Crippen LogP contribution in [-0.2, 0) is 0 Å². The first kappa shape index (κ1) is 15.3. The summed E-state index contributed by atoms with van der Waals surface area (Å²) in [6.45, 7) is 5.78. The van der Waals surface area contributed by atoms with Crippen molar-refractivity contribution < 1.29 is 9.84 Å². The number of ether oxygens (including phenoxy) is 1. The molecule has 102 valence electrons. The molecule has 3 unspecified atom stereocenters. The third-order valence-electron chi connectivity index (χ3n) is 3.24. The third-order valence-corrected chi connectivity index (χ3v) is 3.65. The summed E-state index contributed by atoms with van der Waals surface area (Å²) in [6.07, 6.45) is 0.0673. The zero-order valence-corrected chi connectivity index (χ0v) is 12.2. The summed E-state index contributed by atoms with van der Waals surface area (Å²) >= 11 is 6.14. The summed E-state index contributed by atoms with van der Waals surface area (Å²) in [6, 6.07) is 3.60. The normalized spacial score (nSPS) is 16.2. The number of aryl methyl sites for hydroxylation is 1. The molecule has 0 saturated carbocycles. The molecule has 0 amide bonds. The molecule has 1 aromatic carbocycles. The molecule has 1 aromatic rings. The Morgan fingerprint density at radius 3 is 2.50 bits per heavy atom. The van der Waals surface area contributed by atoms with Crippen LogP contribution < -0.4 is 10.5 Å². The van der Waals surface area contributed by atoms with Crippen molar-refractivity contribution in [1.29, 1.82) is 0 Å². The van der Waals surface area contributed by atoms with E-state index in [1.54, 1.807) is 14.0 Å². The number of aliphatic hydroxyl groups excluding tert-OH is 1. The first-order chi connectivity index (χ1) is 8.36. The molecule has 18 heavy (non-hydrogen) atoms. The minimum Gasteiger partial charge on any atom is -0.496 e. The zero-order valence-electron chi connectivity index (χ0n) is 11.4. The van der Waals surface area contributed by atoms with Gasteiger partial charge in [-0.25, -0.2) is 0 Å². The standard InChI is InChI=1S/C14H22ClNO2/c1-8(5-13(17)10(3)16)11-7-12(15)9(2)6-14(11)18-4/h6-8,10,13,17H,5,16H2,1-4H3. The minimum absolute atomic E-state index is 0.138. The Kier molecular flexibility index (Phi) is 5.45. The van der Waals surface area contributed by atoms with E-state index in [4.69, 9.17) is 22.1 Å². The molecule has 3 N–H and O–H groups in total. The van der Waals surface area contributed by atoms with E-state index in [0.717, 1.165) is 16.9 Å². The van der Waals surface area contributed by atoms with Crippen LogP contribution >= 0.6 is 11.6 Å². The highest BCUT2D eigenvalue weighted by Gasteiger charge is 2.19. The lowest BCUT2D eigenvalue weighted by molar-refractivity contribution is 0.134. The highest BCUT2D eigenvalue weighted by molar-refractivity contribution is 6.31. The van der Waals surface area contributed by atoms with Gasteiger partial charge < -0.3 is 15.6 Å². The maximum absolute atomic E-state index is 9.85. The topological polar surface area (TPSA) is 55.5 Å². The fraction of sp³-hybridized carbons (Fsp3) is 0.571. The average molecular weight is 272 g/mol. The molecular formula is C14H22ClNO2. The Bertz CT molecular complexity index is 407. The quantitative estimate of drug-likeness (QED) is 0.866. The van der Waals surface area contributed by atoms with Gasteiger partial charge in [0.1, 0.15) is 5.75 Å². The van der Waals surface area contributed by atoms with Crippen LogP contribution in [0.1, 0.15) is 37.3 Å². The summed E-state index contributed by atoms with van der Waals surface area (Å²) in [5, 5.41) is 10.6. The van der Waals surface area contributed by atoms with E-state index in [1.165, 1.54) is 0 Å². The van der Waals surface area contributed by atoms with Gasteiger partial charge in [0.25, 0.3) is 0 Å². The van der Waals surface area contributed by atoms with Crippen LogP contribution in [0.2, 0.25) is 5.02 Å². The Labute approximate surface area is 114 Å². The van der Waals surface area contributed by atoms with E-state index >= 15 is 0 Å². The van der Waals surface area contributed by atoms with Gasteiger partial charge in [-0.2, -0.15) is 0 Å². The van der Waals surface area contributed by atoms with Crippen LogP contribution in [0.15, 0.2) is 12.1 Å². The monoisotopic (exact) mass is 271 g/mol. The van der Waals surface area contributed by atoms with Gasteiger partial charge in [-0.3, -0.25) is 0 Å². The molecule has 0 aromatic heterocycles. The highest BCUT2D eigenvalue weighted by Crippen LogP contribution is 2.34. The average Bonchev–Trinajstić information content (AvgIpc) is 2.31. The second kappa shape index (κ2) is 6.41. The maximum Gasteiger partial charge on any atom is 0.122 e. The van der Waals surface area contributed by atoms with Gasteiger partial charge in [-0.05, 0) is 49.4 Å². The van der Waals surface area contributed by atoms with Crippen LogP contribution in [-0.4, -0.2) is 24.4 Å². The van der Waals surface area contributed by atoms with Crippen LogP contribution in [0.4, 0.5) is 0 Å². The van der Waals surface area contributed by atoms with Gasteiger partial charge in [0.2, 0.25) is 0 Å². The van der Waals surface area contributed by atoms with Gasteiger partial charge >= 0.3 is 0 Å². The Morgan fingerprint density at radius 1 is 1.39 bits per heavy atom. The van der Waals surface area contributed by atoms with Gasteiger partial charge in [-0.1, -0.05) is 18.5 Å². The van der Waals surface area contributed by atoms with Crippen LogP contribution in [0, 0.1) is 6.92 Å². The van der Waals surface area contributed by atoms with Crippen molar-refractivity contribution in [2.24, 2.45) is 5.73 Å². The first-order valence-corrected chi connectivity index (χ1v) is 6.52. The number of aliphatic hydroxyl groups is 1. The van der Waals surface area contributed by atoms with Crippen LogP contribution in [0.3, 0.4) is 0 Å². The van der Waals surface area contributed by atoms with Crippen LogP contribution in [0.5, 0.6) is 5.75 Å². The molecule has 0 heterocycles. The van der Waals surface area contributed by atoms with E-state index in [0.29, 0.717) is 11.4 Å². The molecule has 0 aliphatic carbocycles. The lowest BCUT2D eigenvalue weighted by Crippen LogP contribution is -2.32. The number of benzene rings is 1. The predicted octanol–water partition coefficient (Wildman–Crippen LogP) is 2.86. The van der Waals surface area contributed by atoms with Crippen molar-refractivity contribution in [3.05, 3.63) is 28.3 Å². The molecule has 0 aliphatic rings. The van der Waals surface area contributed by atoms with Crippen molar-refractivity contribution in [2.45, 2.75) is 45.3 Å². The van der Waals surface area contributed by atoms with E-state index < -0.39 is 6.10 Å². The van der Waals surface area contributed by atoms with Gasteiger partial charge in [0.05, 0.1) is 13.2 Å². The van der Waals surface area contributed by atoms with Gasteiger partial charge in [0.15, 0.2) is 0 Å². The van der Waals surface area contributed by atoms with E-state index in [9.17, 15) is 5.11 Å². The number of hydrogen-bond donors (Lipinski definition) is 2. The van der Waals surface area contributed by atoms with Crippen molar-refractivity contribution in [1.82, 2.24) is 0 Å². The second-order valence-electron chi connectivity index (χ2n) is 4.91. The van der Waals surface area contributed by atoms with E-state index in [-0.39, 0.29) is 12.0 Å². The lowest BCUT2D eigenvalue weighted by atomic mass is 9.91. The van der Waals surface area contributed by atoms with Gasteiger partial charge in [0, 0.05) is 11.1 Å². The zero-order chi connectivity index (χ0) is 13.9. The van der Waals surface area contributed by atoms with Crippen molar-refractivity contribution in [2.75, 3.05) is 7.11 Å². The minimum atomic E-state index is -0.523. The maximum atomic E-state index is 9.85. The Hall–Kier alpha value is -0.770. The third kappa shape index (κ3) is 3.61. The Balaban J connectivity index is 2.97. The van der Waals surface area contributed by atoms with Crippen molar-refractivity contribution >= 4 is 11.6 Å².